The number of nitrogens with one attached hydrogen (secondary N) is 1. The van der Waals surface area contributed by atoms with Crippen LogP contribution in [0.2, 0.25) is 0 Å². The molecule has 84 valence electrons. The van der Waals surface area contributed by atoms with E-state index in [1.165, 1.54) is 13.2 Å². The van der Waals surface area contributed by atoms with Crippen LogP contribution >= 0.6 is 0 Å². The molecule has 1 aromatic carbocycles. The monoisotopic (exact) mass is 211 g/mol. The molecule has 0 spiro atoms. The van der Waals surface area contributed by atoms with Crippen molar-refractivity contribution < 1.29 is 9.13 Å². The zero-order chi connectivity index (χ0) is 11.5. The first kappa shape index (κ1) is 12.0. The average Bonchev–Trinajstić information content (AvgIpc) is 2.20. The highest BCUT2D eigenvalue weighted by Gasteiger charge is 2.16. The molecule has 0 bridgehead atoms. The van der Waals surface area contributed by atoms with Gasteiger partial charge < -0.3 is 10.1 Å². The lowest BCUT2D eigenvalue weighted by Crippen LogP contribution is -2.38. The van der Waals surface area contributed by atoms with Crippen LogP contribution in [-0.2, 0) is 6.42 Å². The van der Waals surface area contributed by atoms with Gasteiger partial charge in [-0.05, 0) is 45.0 Å². The Morgan fingerprint density at radius 1 is 1.40 bits per heavy atom. The summed E-state index contributed by atoms with van der Waals surface area (Å²) in [5.74, 6) is -0.0112. The zero-order valence-corrected chi connectivity index (χ0v) is 9.73. The molecule has 0 saturated heterocycles. The minimum atomic E-state index is -0.316. The number of ether oxygens (including phenoxy) is 1. The highest BCUT2D eigenvalue weighted by atomic mass is 19.1. The molecular formula is C12H18FNO. The second-order valence-electron chi connectivity index (χ2n) is 4.28. The average molecular weight is 211 g/mol. The van der Waals surface area contributed by atoms with Gasteiger partial charge in [-0.1, -0.05) is 6.07 Å². The van der Waals surface area contributed by atoms with Crippen molar-refractivity contribution in [1.29, 1.82) is 0 Å². The lowest BCUT2D eigenvalue weighted by molar-refractivity contribution is 0.383. The summed E-state index contributed by atoms with van der Waals surface area (Å²) in [5.41, 5.74) is 1.07. The first-order valence-corrected chi connectivity index (χ1v) is 5.00. The van der Waals surface area contributed by atoms with E-state index in [0.29, 0.717) is 5.75 Å². The van der Waals surface area contributed by atoms with E-state index in [0.717, 1.165) is 12.0 Å². The van der Waals surface area contributed by atoms with Gasteiger partial charge in [0.1, 0.15) is 0 Å². The third-order valence-corrected chi connectivity index (χ3v) is 2.54. The molecule has 0 unspecified atom stereocenters. The first-order chi connectivity index (χ1) is 6.98. The normalized spacial score (nSPS) is 11.5. The zero-order valence-electron chi connectivity index (χ0n) is 9.73. The third kappa shape index (κ3) is 3.20. The molecule has 15 heavy (non-hydrogen) atoms. The van der Waals surface area contributed by atoms with Crippen molar-refractivity contribution in [3.63, 3.8) is 0 Å². The predicted molar refractivity (Wildman–Crippen MR) is 59.8 cm³/mol. The van der Waals surface area contributed by atoms with Crippen LogP contribution in [0.15, 0.2) is 18.2 Å². The van der Waals surface area contributed by atoms with E-state index in [-0.39, 0.29) is 11.4 Å². The highest BCUT2D eigenvalue weighted by Crippen LogP contribution is 2.21. The standard InChI is InChI=1S/C12H18FNO/c1-12(2,14-3)8-9-5-6-10(13)11(7-9)15-4/h5-7,14H,8H2,1-4H3. The van der Waals surface area contributed by atoms with Gasteiger partial charge in [-0.25, -0.2) is 4.39 Å². The number of benzene rings is 1. The fraction of sp³-hybridized carbons (Fsp3) is 0.500. The molecule has 1 N–H and O–H groups in total. The Morgan fingerprint density at radius 3 is 2.60 bits per heavy atom. The molecule has 1 rings (SSSR count). The maximum Gasteiger partial charge on any atom is 0.165 e. The van der Waals surface area contributed by atoms with Crippen molar-refractivity contribution in [1.82, 2.24) is 5.32 Å². The van der Waals surface area contributed by atoms with Crippen LogP contribution < -0.4 is 10.1 Å². The van der Waals surface area contributed by atoms with Gasteiger partial charge in [-0.15, -0.1) is 0 Å². The van der Waals surface area contributed by atoms with Crippen molar-refractivity contribution in [3.8, 4) is 5.75 Å². The largest absolute Gasteiger partial charge is 0.494 e. The van der Waals surface area contributed by atoms with E-state index in [9.17, 15) is 4.39 Å². The molecule has 0 fully saturated rings. The summed E-state index contributed by atoms with van der Waals surface area (Å²) in [6.07, 6.45) is 0.833. The summed E-state index contributed by atoms with van der Waals surface area (Å²) in [6, 6.07) is 4.98. The van der Waals surface area contributed by atoms with E-state index in [4.69, 9.17) is 4.74 Å². The summed E-state index contributed by atoms with van der Waals surface area (Å²) in [6.45, 7) is 4.20. The van der Waals surface area contributed by atoms with Crippen LogP contribution in [0.4, 0.5) is 4.39 Å². The van der Waals surface area contributed by atoms with Gasteiger partial charge in [-0.2, -0.15) is 0 Å². The van der Waals surface area contributed by atoms with E-state index in [1.54, 1.807) is 12.1 Å². The Balaban J connectivity index is 2.87. The Morgan fingerprint density at radius 2 is 2.07 bits per heavy atom. The maximum absolute atomic E-state index is 13.1. The van der Waals surface area contributed by atoms with Gasteiger partial charge in [0, 0.05) is 5.54 Å². The number of halogens is 1. The topological polar surface area (TPSA) is 21.3 Å². The van der Waals surface area contributed by atoms with Crippen molar-refractivity contribution >= 4 is 0 Å². The Hall–Kier alpha value is -1.09. The summed E-state index contributed by atoms with van der Waals surface area (Å²) >= 11 is 0. The van der Waals surface area contributed by atoms with Crippen LogP contribution in [0, 0.1) is 5.82 Å². The van der Waals surface area contributed by atoms with Crippen LogP contribution in [0.5, 0.6) is 5.75 Å². The van der Waals surface area contributed by atoms with Crippen molar-refractivity contribution in [3.05, 3.63) is 29.6 Å². The molecule has 0 radical (unpaired) electrons. The number of methoxy groups -OCH3 is 1. The van der Waals surface area contributed by atoms with Gasteiger partial charge in [0.25, 0.3) is 0 Å². The lowest BCUT2D eigenvalue weighted by atomic mass is 9.95. The molecule has 0 saturated carbocycles. The number of rotatable bonds is 4. The fourth-order valence-electron chi connectivity index (χ4n) is 1.41. The fourth-order valence-corrected chi connectivity index (χ4v) is 1.41. The molecule has 0 aliphatic carbocycles. The van der Waals surface area contributed by atoms with Crippen LogP contribution in [0.3, 0.4) is 0 Å². The Kier molecular flexibility index (Phi) is 3.69. The lowest BCUT2D eigenvalue weighted by Gasteiger charge is -2.24. The smallest absolute Gasteiger partial charge is 0.165 e. The van der Waals surface area contributed by atoms with Gasteiger partial charge in [-0.3, -0.25) is 0 Å². The number of hydrogen-bond donors (Lipinski definition) is 1. The van der Waals surface area contributed by atoms with Crippen LogP contribution in [0.1, 0.15) is 19.4 Å². The number of hydrogen-bond acceptors (Lipinski definition) is 2. The molecule has 3 heteroatoms. The molecule has 2 nitrogen and oxygen atoms in total. The molecule has 0 aliphatic heterocycles. The third-order valence-electron chi connectivity index (χ3n) is 2.54. The summed E-state index contributed by atoms with van der Waals surface area (Å²) in [4.78, 5) is 0. The molecule has 0 atom stereocenters. The van der Waals surface area contributed by atoms with Crippen molar-refractivity contribution in [2.75, 3.05) is 14.2 Å². The summed E-state index contributed by atoms with van der Waals surface area (Å²) in [5, 5.41) is 3.21. The molecular weight excluding hydrogens is 193 g/mol. The quantitative estimate of drug-likeness (QED) is 0.825. The van der Waals surface area contributed by atoms with Gasteiger partial charge >= 0.3 is 0 Å². The van der Waals surface area contributed by atoms with E-state index >= 15 is 0 Å². The highest BCUT2D eigenvalue weighted by molar-refractivity contribution is 5.31. The Labute approximate surface area is 90.4 Å². The maximum atomic E-state index is 13.1. The van der Waals surface area contributed by atoms with E-state index < -0.39 is 0 Å². The van der Waals surface area contributed by atoms with E-state index in [1.807, 2.05) is 7.05 Å². The van der Waals surface area contributed by atoms with E-state index in [2.05, 4.69) is 19.2 Å². The second kappa shape index (κ2) is 4.62. The van der Waals surface area contributed by atoms with Crippen LogP contribution in [-0.4, -0.2) is 19.7 Å². The molecule has 0 amide bonds. The molecule has 0 aliphatic rings. The van der Waals surface area contributed by atoms with Gasteiger partial charge in [0.15, 0.2) is 11.6 Å². The van der Waals surface area contributed by atoms with Crippen LogP contribution in [0.25, 0.3) is 0 Å². The first-order valence-electron chi connectivity index (χ1n) is 5.00. The molecule has 1 aromatic rings. The minimum Gasteiger partial charge on any atom is -0.494 e. The minimum absolute atomic E-state index is 0.00282. The summed E-state index contributed by atoms with van der Waals surface area (Å²) < 4.78 is 18.1. The SMILES string of the molecule is CNC(C)(C)Cc1ccc(F)c(OC)c1. The predicted octanol–water partition coefficient (Wildman–Crippen LogP) is 2.37. The van der Waals surface area contributed by atoms with Gasteiger partial charge in [0.05, 0.1) is 7.11 Å². The van der Waals surface area contributed by atoms with Gasteiger partial charge in [0.2, 0.25) is 0 Å². The Bertz CT molecular complexity index is 336. The second-order valence-corrected chi connectivity index (χ2v) is 4.28. The molecule has 0 heterocycles. The summed E-state index contributed by atoms with van der Waals surface area (Å²) in [7, 11) is 3.40. The molecule has 0 aromatic heterocycles. The van der Waals surface area contributed by atoms with Crippen molar-refractivity contribution in [2.45, 2.75) is 25.8 Å². The number of likely N-dealkylation sites (N-methyl/N-ethyl adjacent to an activating group) is 1. The van der Waals surface area contributed by atoms with Crippen molar-refractivity contribution in [2.24, 2.45) is 0 Å².